The van der Waals surface area contributed by atoms with Gasteiger partial charge in [0, 0.05) is 20.2 Å². The van der Waals surface area contributed by atoms with E-state index < -0.39 is 0 Å². The zero-order chi connectivity index (χ0) is 26.0. The van der Waals surface area contributed by atoms with Gasteiger partial charge in [-0.1, -0.05) is 24.3 Å². The number of thiophene rings is 6. The van der Waals surface area contributed by atoms with Crippen LogP contribution in [0.2, 0.25) is 0 Å². The molecular weight excluding hydrogens is 942 g/mol. The van der Waals surface area contributed by atoms with Crippen molar-refractivity contribution >= 4 is 193 Å². The zero-order valence-electron chi connectivity index (χ0n) is 19.4. The van der Waals surface area contributed by atoms with Crippen molar-refractivity contribution in [2.75, 3.05) is 0 Å². The van der Waals surface area contributed by atoms with E-state index in [9.17, 15) is 0 Å². The lowest BCUT2D eigenvalue weighted by molar-refractivity contribution is 1.52. The summed E-state index contributed by atoms with van der Waals surface area (Å²) in [6.45, 7) is 4.35. The number of aryl methyl sites for hydroxylation is 2. The molecule has 0 aliphatic carbocycles. The highest BCUT2D eigenvalue weighted by Crippen LogP contribution is 2.58. The fourth-order valence-electron chi connectivity index (χ4n) is 4.82. The molecule has 0 N–H and O–H groups in total. The van der Waals surface area contributed by atoms with E-state index in [-0.39, 0.29) is 0 Å². The average molecular weight is 954 g/mol. The van der Waals surface area contributed by atoms with Gasteiger partial charge < -0.3 is 0 Å². The summed E-state index contributed by atoms with van der Waals surface area (Å²) in [5, 5.41) is 2.77. The minimum atomic E-state index is 1.23. The third-order valence-electron chi connectivity index (χ3n) is 6.63. The van der Waals surface area contributed by atoms with Gasteiger partial charge in [0.25, 0.3) is 0 Å². The van der Waals surface area contributed by atoms with Gasteiger partial charge in [-0.3, -0.25) is 0 Å². The molecule has 0 nitrogen and oxygen atoms in total. The number of halogens is 4. The summed E-state index contributed by atoms with van der Waals surface area (Å²) < 4.78 is 16.4. The summed E-state index contributed by atoms with van der Waals surface area (Å²) in [6.07, 6.45) is 0. The second-order valence-electron chi connectivity index (χ2n) is 9.16. The van der Waals surface area contributed by atoms with E-state index in [4.69, 9.17) is 0 Å². The van der Waals surface area contributed by atoms with Crippen LogP contribution in [0.15, 0.2) is 45.3 Å². The molecule has 188 valence electrons. The van der Waals surface area contributed by atoms with Gasteiger partial charge in [-0.05, 0) is 114 Å². The monoisotopic (exact) mass is 952 g/mol. The van der Waals surface area contributed by atoms with Crippen LogP contribution < -0.4 is 0 Å². The molecule has 0 aliphatic rings. The average Bonchev–Trinajstić information content (AvgIpc) is 3.69. The van der Waals surface area contributed by atoms with E-state index in [0.29, 0.717) is 0 Å². The molecule has 0 radical (unpaired) electrons. The number of rotatable bonds is 2. The molecule has 0 fully saturated rings. The van der Waals surface area contributed by atoms with E-state index in [1.54, 1.807) is 0 Å². The smallest absolute Gasteiger partial charge is 0.0618 e. The molecule has 2 aromatic carbocycles. The molecule has 6 aromatic heterocycles. The maximum absolute atomic E-state index is 4.04. The highest BCUT2D eigenvalue weighted by atomic mass is 127. The molecule has 38 heavy (non-hydrogen) atoms. The van der Waals surface area contributed by atoms with Crippen LogP contribution in [0, 0.1) is 21.0 Å². The lowest BCUT2D eigenvalue weighted by Gasteiger charge is -1.99. The van der Waals surface area contributed by atoms with Gasteiger partial charge in [0.1, 0.15) is 0 Å². The molecule has 0 unspecified atom stereocenters. The van der Waals surface area contributed by atoms with Crippen LogP contribution in [0.4, 0.5) is 0 Å². The van der Waals surface area contributed by atoms with Gasteiger partial charge in [-0.15, -0.1) is 68.0 Å². The van der Waals surface area contributed by atoms with Crippen LogP contribution in [-0.4, -0.2) is 0 Å². The van der Waals surface area contributed by atoms with Crippen LogP contribution in [0.1, 0.15) is 11.1 Å². The van der Waals surface area contributed by atoms with Crippen molar-refractivity contribution in [2.45, 2.75) is 13.8 Å². The van der Waals surface area contributed by atoms with Crippen molar-refractivity contribution < 1.29 is 0 Å². The summed E-state index contributed by atoms with van der Waals surface area (Å²) in [5.74, 6) is 0. The standard InChI is InChI=1S/C28H12Br2I2S6/c1-9-3-5-11-13(7-9)33-25-17(31)27(35-19(11)25)23-15(29)21-22(37-23)16(30)24(38-21)28-18(32)26-20(36-28)12-6-4-10(2)8-14(12)34-26/h3-8H,1-2H3. The highest BCUT2D eigenvalue weighted by molar-refractivity contribution is 14.1. The van der Waals surface area contributed by atoms with E-state index in [0.717, 1.165) is 0 Å². The maximum atomic E-state index is 4.04. The first-order chi connectivity index (χ1) is 18.3. The van der Waals surface area contributed by atoms with Crippen LogP contribution in [0.5, 0.6) is 0 Å². The first-order valence-electron chi connectivity index (χ1n) is 11.4. The van der Waals surface area contributed by atoms with Crippen molar-refractivity contribution in [2.24, 2.45) is 0 Å². The fourth-order valence-corrected chi connectivity index (χ4v) is 18.3. The summed E-state index contributed by atoms with van der Waals surface area (Å²) >= 11 is 24.8. The normalized spacial score (nSPS) is 12.5. The Hall–Kier alpha value is 0.360. The molecule has 10 heteroatoms. The van der Waals surface area contributed by atoms with Crippen molar-refractivity contribution in [1.82, 2.24) is 0 Å². The molecule has 0 bridgehead atoms. The number of benzene rings is 2. The van der Waals surface area contributed by atoms with Gasteiger partial charge >= 0.3 is 0 Å². The van der Waals surface area contributed by atoms with Crippen LogP contribution in [0.3, 0.4) is 0 Å². The SMILES string of the molecule is Cc1ccc2c(c1)sc1c(I)c(-c3sc4c(Br)c(-c5sc6c(sc7cc(C)ccc76)c5I)sc4c3Br)sc12. The van der Waals surface area contributed by atoms with Gasteiger partial charge in [-0.25, -0.2) is 0 Å². The van der Waals surface area contributed by atoms with Crippen LogP contribution >= 0.6 is 145 Å². The minimum absolute atomic E-state index is 1.23. The highest BCUT2D eigenvalue weighted by Gasteiger charge is 2.27. The Morgan fingerprint density at radius 1 is 0.500 bits per heavy atom. The first kappa shape index (κ1) is 26.0. The van der Waals surface area contributed by atoms with Gasteiger partial charge in [0.15, 0.2) is 0 Å². The molecule has 0 amide bonds. The van der Waals surface area contributed by atoms with E-state index in [1.807, 2.05) is 68.0 Å². The van der Waals surface area contributed by atoms with Crippen LogP contribution in [0.25, 0.3) is 67.9 Å². The third kappa shape index (κ3) is 3.73. The second kappa shape index (κ2) is 9.43. The molecular formula is C28H12Br2I2S6. The summed E-state index contributed by atoms with van der Waals surface area (Å²) in [4.78, 5) is 5.46. The molecule has 8 aromatic rings. The number of hydrogen-bond acceptors (Lipinski definition) is 6. The second-order valence-corrected chi connectivity index (χ2v) is 19.1. The molecule has 0 saturated heterocycles. The Bertz CT molecular complexity index is 2110. The summed E-state index contributed by atoms with van der Waals surface area (Å²) in [7, 11) is 0. The largest absolute Gasteiger partial charge is 0.133 e. The van der Waals surface area contributed by atoms with Crippen molar-refractivity contribution in [3.05, 3.63) is 63.6 Å². The molecule has 0 atom stereocenters. The van der Waals surface area contributed by atoms with Crippen molar-refractivity contribution in [3.8, 4) is 19.5 Å². The minimum Gasteiger partial charge on any atom is -0.133 e. The predicted octanol–water partition coefficient (Wildman–Crippen LogP) is 14.5. The first-order valence-corrected chi connectivity index (χ1v) is 20.1. The van der Waals surface area contributed by atoms with Crippen molar-refractivity contribution in [3.63, 3.8) is 0 Å². The predicted molar refractivity (Wildman–Crippen MR) is 202 cm³/mol. The van der Waals surface area contributed by atoms with E-state index in [2.05, 4.69) is 127 Å². The van der Waals surface area contributed by atoms with Crippen LogP contribution in [-0.2, 0) is 0 Å². The molecule has 8 rings (SSSR count). The Morgan fingerprint density at radius 3 is 1.32 bits per heavy atom. The maximum Gasteiger partial charge on any atom is 0.0618 e. The van der Waals surface area contributed by atoms with Gasteiger partial charge in [0.2, 0.25) is 0 Å². The van der Waals surface area contributed by atoms with Gasteiger partial charge in [0.05, 0.1) is 63.8 Å². The zero-order valence-corrected chi connectivity index (χ0v) is 31.8. The number of fused-ring (bicyclic) bond motifs is 7. The fraction of sp³-hybridized carbons (Fsp3) is 0.0714. The topological polar surface area (TPSA) is 0 Å². The molecule has 0 aliphatic heterocycles. The summed E-state index contributed by atoms with van der Waals surface area (Å²) in [5.41, 5.74) is 2.65. The molecule has 0 spiro atoms. The number of hydrogen-bond donors (Lipinski definition) is 0. The Morgan fingerprint density at radius 2 is 0.895 bits per heavy atom. The quantitative estimate of drug-likeness (QED) is 0.152. The lowest BCUT2D eigenvalue weighted by Crippen LogP contribution is -1.72. The Kier molecular flexibility index (Phi) is 6.46. The third-order valence-corrected chi connectivity index (χ3v) is 20.8. The van der Waals surface area contributed by atoms with Gasteiger partial charge in [-0.2, -0.15) is 0 Å². The van der Waals surface area contributed by atoms with Crippen molar-refractivity contribution in [1.29, 1.82) is 0 Å². The summed E-state index contributed by atoms with van der Waals surface area (Å²) in [6, 6.07) is 13.7. The Labute approximate surface area is 286 Å². The van der Waals surface area contributed by atoms with E-state index >= 15 is 0 Å². The van der Waals surface area contributed by atoms with E-state index in [1.165, 1.54) is 95.1 Å². The Balaban J connectivity index is 1.28. The molecule has 0 saturated carbocycles. The molecule has 6 heterocycles. The lowest BCUT2D eigenvalue weighted by atomic mass is 10.2.